The Morgan fingerprint density at radius 1 is 0.929 bits per heavy atom. The molecule has 1 amide bonds. The fraction of sp³-hybridized carbons (Fsp3) is 0.226. The van der Waals surface area contributed by atoms with Gasteiger partial charge >= 0.3 is 5.97 Å². The maximum absolute atomic E-state index is 13.9. The minimum Gasteiger partial charge on any atom is -0.481 e. The molecular formula is C31H30Cl2N2O6S. The van der Waals surface area contributed by atoms with E-state index in [0.717, 1.165) is 0 Å². The molecule has 0 aliphatic carbocycles. The standard InChI is InChI=1S/C31H30Cl2N2O6S/c1-4-35(42(39,40)25-14-11-22(12-15-25)31(2,3)30(37)38)28-16-13-23(32)18-21(28)19-34(20-24-8-7-17-41-24)29(36)26-9-5-6-10-27(26)33/h5-18H,4,19-20H2,1-3H3,(H,37,38). The van der Waals surface area contributed by atoms with E-state index in [1.807, 2.05) is 0 Å². The molecule has 0 aliphatic rings. The molecular weight excluding hydrogens is 599 g/mol. The van der Waals surface area contributed by atoms with Crippen molar-refractivity contribution in [1.29, 1.82) is 0 Å². The van der Waals surface area contributed by atoms with Crippen LogP contribution in [0, 0.1) is 0 Å². The Morgan fingerprint density at radius 3 is 2.21 bits per heavy atom. The van der Waals surface area contributed by atoms with E-state index in [1.165, 1.54) is 39.7 Å². The maximum atomic E-state index is 13.9. The predicted octanol–water partition coefficient (Wildman–Crippen LogP) is 7.01. The molecule has 0 bridgehead atoms. The highest BCUT2D eigenvalue weighted by Gasteiger charge is 2.31. The van der Waals surface area contributed by atoms with E-state index in [4.69, 9.17) is 27.6 Å². The number of amides is 1. The molecule has 1 N–H and O–H groups in total. The molecule has 220 valence electrons. The molecule has 0 spiro atoms. The van der Waals surface area contributed by atoms with Crippen molar-refractivity contribution in [3.63, 3.8) is 0 Å². The number of hydrogen-bond acceptors (Lipinski definition) is 5. The van der Waals surface area contributed by atoms with Gasteiger partial charge in [0.05, 0.1) is 39.4 Å². The van der Waals surface area contributed by atoms with Crippen LogP contribution in [0.3, 0.4) is 0 Å². The molecule has 0 unspecified atom stereocenters. The summed E-state index contributed by atoms with van der Waals surface area (Å²) in [4.78, 5) is 26.9. The normalized spacial score (nSPS) is 11.7. The van der Waals surface area contributed by atoms with E-state index >= 15 is 0 Å². The van der Waals surface area contributed by atoms with Crippen LogP contribution in [-0.4, -0.2) is 36.8 Å². The van der Waals surface area contributed by atoms with Gasteiger partial charge in [-0.15, -0.1) is 0 Å². The van der Waals surface area contributed by atoms with Gasteiger partial charge in [-0.2, -0.15) is 0 Å². The number of carboxylic acids is 1. The first-order valence-corrected chi connectivity index (χ1v) is 15.3. The van der Waals surface area contributed by atoms with E-state index in [1.54, 1.807) is 75.4 Å². The van der Waals surface area contributed by atoms with Crippen LogP contribution in [0.4, 0.5) is 5.69 Å². The molecule has 0 radical (unpaired) electrons. The lowest BCUT2D eigenvalue weighted by Gasteiger charge is -2.29. The Morgan fingerprint density at radius 2 is 1.62 bits per heavy atom. The summed E-state index contributed by atoms with van der Waals surface area (Å²) in [5.74, 6) is -0.863. The van der Waals surface area contributed by atoms with Crippen LogP contribution in [0.5, 0.6) is 0 Å². The molecule has 0 atom stereocenters. The number of benzene rings is 3. The molecule has 3 aromatic carbocycles. The average molecular weight is 630 g/mol. The third-order valence-electron chi connectivity index (χ3n) is 6.98. The van der Waals surface area contributed by atoms with Crippen LogP contribution in [-0.2, 0) is 33.3 Å². The van der Waals surface area contributed by atoms with Crippen molar-refractivity contribution >= 4 is 50.8 Å². The quantitative estimate of drug-likeness (QED) is 0.191. The predicted molar refractivity (Wildman–Crippen MR) is 162 cm³/mol. The number of rotatable bonds is 11. The van der Waals surface area contributed by atoms with Gasteiger partial charge in [-0.05, 0) is 86.5 Å². The van der Waals surface area contributed by atoms with E-state index in [2.05, 4.69) is 0 Å². The third-order valence-corrected chi connectivity index (χ3v) is 9.44. The molecule has 0 fully saturated rings. The third kappa shape index (κ3) is 6.48. The van der Waals surface area contributed by atoms with Crippen LogP contribution in [0.15, 0.2) is 94.4 Å². The second-order valence-electron chi connectivity index (χ2n) is 10.1. The molecule has 4 aromatic rings. The van der Waals surface area contributed by atoms with Gasteiger partial charge in [0.1, 0.15) is 5.76 Å². The lowest BCUT2D eigenvalue weighted by Crippen LogP contribution is -2.34. The van der Waals surface area contributed by atoms with Gasteiger partial charge in [-0.1, -0.05) is 47.5 Å². The van der Waals surface area contributed by atoms with E-state index in [-0.39, 0.29) is 35.5 Å². The average Bonchev–Trinajstić information content (AvgIpc) is 3.47. The Kier molecular flexibility index (Phi) is 9.35. The minimum atomic E-state index is -4.09. The minimum absolute atomic E-state index is 0.00158. The number of carbonyl (C=O) groups excluding carboxylic acids is 1. The summed E-state index contributed by atoms with van der Waals surface area (Å²) >= 11 is 12.7. The van der Waals surface area contributed by atoms with Crippen LogP contribution in [0.1, 0.15) is 48.0 Å². The molecule has 8 nitrogen and oxygen atoms in total. The number of carboxylic acid groups (broad SMARTS) is 1. The number of furan rings is 1. The number of anilines is 1. The molecule has 11 heteroatoms. The highest BCUT2D eigenvalue weighted by molar-refractivity contribution is 7.92. The summed E-state index contributed by atoms with van der Waals surface area (Å²) in [7, 11) is -4.09. The van der Waals surface area contributed by atoms with Gasteiger partial charge in [0, 0.05) is 18.1 Å². The van der Waals surface area contributed by atoms with Crippen LogP contribution >= 0.6 is 23.2 Å². The lowest BCUT2D eigenvalue weighted by molar-refractivity contribution is -0.142. The number of sulfonamides is 1. The molecule has 4 rings (SSSR count). The second kappa shape index (κ2) is 12.6. The van der Waals surface area contributed by atoms with E-state index < -0.39 is 21.4 Å². The first-order valence-electron chi connectivity index (χ1n) is 13.1. The maximum Gasteiger partial charge on any atom is 0.313 e. The molecule has 1 heterocycles. The van der Waals surface area contributed by atoms with Gasteiger partial charge in [-0.3, -0.25) is 13.9 Å². The van der Waals surface area contributed by atoms with Gasteiger partial charge < -0.3 is 14.4 Å². The summed E-state index contributed by atoms with van der Waals surface area (Å²) in [6.45, 7) is 4.98. The van der Waals surface area contributed by atoms with Gasteiger partial charge in [-0.25, -0.2) is 8.42 Å². The van der Waals surface area contributed by atoms with Crippen LogP contribution in [0.25, 0.3) is 0 Å². The van der Waals surface area contributed by atoms with Crippen molar-refractivity contribution in [2.24, 2.45) is 0 Å². The largest absolute Gasteiger partial charge is 0.481 e. The van der Waals surface area contributed by atoms with Gasteiger partial charge in [0.15, 0.2) is 0 Å². The number of carbonyl (C=O) groups is 2. The molecule has 1 aromatic heterocycles. The summed E-state index contributed by atoms with van der Waals surface area (Å²) in [6, 6.07) is 20.8. The lowest BCUT2D eigenvalue weighted by atomic mass is 9.85. The van der Waals surface area contributed by atoms with Crippen molar-refractivity contribution in [2.45, 2.75) is 44.2 Å². The molecule has 0 saturated heterocycles. The molecule has 42 heavy (non-hydrogen) atoms. The first kappa shape index (κ1) is 31.2. The van der Waals surface area contributed by atoms with Crippen molar-refractivity contribution in [2.75, 3.05) is 10.8 Å². The first-order chi connectivity index (χ1) is 19.9. The van der Waals surface area contributed by atoms with Crippen LogP contribution < -0.4 is 4.31 Å². The summed E-state index contributed by atoms with van der Waals surface area (Å²) in [5.41, 5.74) is 0.396. The number of aliphatic carboxylic acids is 1. The zero-order valence-corrected chi connectivity index (χ0v) is 25.6. The number of halogens is 2. The van der Waals surface area contributed by atoms with Crippen molar-refractivity contribution in [3.05, 3.63) is 118 Å². The highest BCUT2D eigenvalue weighted by atomic mass is 35.5. The van der Waals surface area contributed by atoms with Crippen LogP contribution in [0.2, 0.25) is 10.0 Å². The summed E-state index contributed by atoms with van der Waals surface area (Å²) in [5, 5.41) is 10.2. The zero-order chi connectivity index (χ0) is 30.7. The van der Waals surface area contributed by atoms with Crippen molar-refractivity contribution in [1.82, 2.24) is 4.90 Å². The highest BCUT2D eigenvalue weighted by Crippen LogP contribution is 2.32. The SMILES string of the molecule is CCN(c1ccc(Cl)cc1CN(Cc1ccco1)C(=O)c1ccccc1Cl)S(=O)(=O)c1ccc(C(C)(C)C(=O)O)cc1. The Labute approximate surface area is 255 Å². The summed E-state index contributed by atoms with van der Waals surface area (Å²) < 4.78 is 34.5. The number of hydrogen-bond donors (Lipinski definition) is 1. The number of nitrogens with zero attached hydrogens (tertiary/aromatic N) is 2. The van der Waals surface area contributed by atoms with Gasteiger partial charge in [0.2, 0.25) is 0 Å². The van der Waals surface area contributed by atoms with Crippen molar-refractivity contribution in [3.8, 4) is 0 Å². The van der Waals surface area contributed by atoms with Crippen molar-refractivity contribution < 1.29 is 27.5 Å². The second-order valence-corrected chi connectivity index (χ2v) is 12.8. The monoisotopic (exact) mass is 628 g/mol. The Balaban J connectivity index is 1.74. The smallest absolute Gasteiger partial charge is 0.313 e. The fourth-order valence-corrected chi connectivity index (χ4v) is 6.41. The van der Waals surface area contributed by atoms with E-state index in [9.17, 15) is 23.1 Å². The van der Waals surface area contributed by atoms with E-state index in [0.29, 0.717) is 33.2 Å². The van der Waals surface area contributed by atoms with Gasteiger partial charge in [0.25, 0.3) is 15.9 Å². The zero-order valence-electron chi connectivity index (χ0n) is 23.3. The fourth-order valence-electron chi connectivity index (χ4n) is 4.49. The molecule has 0 aliphatic heterocycles. The summed E-state index contributed by atoms with van der Waals surface area (Å²) in [6.07, 6.45) is 1.51. The Hall–Kier alpha value is -3.79. The Bertz CT molecular complexity index is 1690. The molecule has 0 saturated carbocycles. The topological polar surface area (TPSA) is 108 Å².